The molecule has 0 saturated carbocycles. The van der Waals surface area contributed by atoms with Gasteiger partial charge in [0, 0.05) is 27.2 Å². The molecule has 3 aromatic rings. The summed E-state index contributed by atoms with van der Waals surface area (Å²) in [5, 5.41) is -0.762. The molecule has 0 amide bonds. The molecule has 4 rings (SSSR count). The minimum absolute atomic E-state index is 0.0925. The van der Waals surface area contributed by atoms with Crippen LogP contribution in [0.3, 0.4) is 0 Å². The van der Waals surface area contributed by atoms with Crippen molar-refractivity contribution in [2.24, 2.45) is 7.05 Å². The average molecular weight is 487 g/mol. The summed E-state index contributed by atoms with van der Waals surface area (Å²) >= 11 is 6.18. The third-order valence-electron chi connectivity index (χ3n) is 4.98. The number of aryl methyl sites for hydroxylation is 1. The van der Waals surface area contributed by atoms with E-state index in [-0.39, 0.29) is 35.8 Å². The Kier molecular flexibility index (Phi) is 5.79. The van der Waals surface area contributed by atoms with Crippen molar-refractivity contribution in [1.82, 2.24) is 13.9 Å². The van der Waals surface area contributed by atoms with Gasteiger partial charge in [-0.3, -0.25) is 9.52 Å². The second kappa shape index (κ2) is 8.28. The number of rotatable bonds is 6. The summed E-state index contributed by atoms with van der Waals surface area (Å²) in [7, 11) is -1.10. The van der Waals surface area contributed by atoms with Crippen LogP contribution >= 0.6 is 11.6 Å². The number of benzene rings is 2. The summed E-state index contributed by atoms with van der Waals surface area (Å²) in [4.78, 5) is 16.2. The Labute approximate surface area is 186 Å². The van der Waals surface area contributed by atoms with Crippen LogP contribution in [0.1, 0.15) is 0 Å². The first-order chi connectivity index (χ1) is 15.1. The van der Waals surface area contributed by atoms with Gasteiger partial charge in [0.15, 0.2) is 23.1 Å². The van der Waals surface area contributed by atoms with Crippen molar-refractivity contribution in [2.45, 2.75) is 6.10 Å². The Balaban J connectivity index is 1.68. The maximum absolute atomic E-state index is 15.0. The van der Waals surface area contributed by atoms with Gasteiger partial charge >= 0.3 is 10.2 Å². The number of nitrogens with one attached hydrogen (secondary N) is 1. The van der Waals surface area contributed by atoms with Crippen molar-refractivity contribution >= 4 is 38.4 Å². The van der Waals surface area contributed by atoms with E-state index in [2.05, 4.69) is 9.71 Å². The van der Waals surface area contributed by atoms with Crippen molar-refractivity contribution in [3.05, 3.63) is 57.6 Å². The first kappa shape index (κ1) is 22.4. The van der Waals surface area contributed by atoms with Crippen LogP contribution in [0.15, 0.2) is 35.4 Å². The lowest BCUT2D eigenvalue weighted by molar-refractivity contribution is 0.0128. The summed E-state index contributed by atoms with van der Waals surface area (Å²) in [5.74, 6) is -3.10. The highest BCUT2D eigenvalue weighted by Crippen LogP contribution is 2.39. The van der Waals surface area contributed by atoms with Crippen molar-refractivity contribution in [3.8, 4) is 11.5 Å². The highest BCUT2D eigenvalue weighted by molar-refractivity contribution is 7.90. The summed E-state index contributed by atoms with van der Waals surface area (Å²) in [6.45, 7) is 0.304. The zero-order valence-corrected chi connectivity index (χ0v) is 18.4. The molecule has 9 nitrogen and oxygen atoms in total. The third kappa shape index (κ3) is 3.90. The van der Waals surface area contributed by atoms with Crippen LogP contribution in [0.25, 0.3) is 10.9 Å². The lowest BCUT2D eigenvalue weighted by Crippen LogP contribution is -2.55. The smallest absolute Gasteiger partial charge is 0.301 e. The molecule has 2 heterocycles. The molecule has 0 aliphatic carbocycles. The molecule has 1 aliphatic rings. The highest BCUT2D eigenvalue weighted by Gasteiger charge is 2.36. The minimum Gasteiger partial charge on any atom is -0.450 e. The topological polar surface area (TPSA) is 103 Å². The zero-order valence-electron chi connectivity index (χ0n) is 16.8. The summed E-state index contributed by atoms with van der Waals surface area (Å²) in [6, 6.07) is 4.55. The van der Waals surface area contributed by atoms with Crippen molar-refractivity contribution < 1.29 is 26.7 Å². The maximum Gasteiger partial charge on any atom is 0.301 e. The van der Waals surface area contributed by atoms with Gasteiger partial charge in [0.05, 0.1) is 23.6 Å². The number of hydrogen-bond donors (Lipinski definition) is 1. The Hall–Kier alpha value is -2.80. The number of nitrogens with zero attached hydrogens (tertiary/aromatic N) is 3. The Morgan fingerprint density at radius 3 is 2.62 bits per heavy atom. The molecule has 1 N–H and O–H groups in total. The molecule has 0 radical (unpaired) electrons. The van der Waals surface area contributed by atoms with E-state index in [9.17, 15) is 22.0 Å². The summed E-state index contributed by atoms with van der Waals surface area (Å²) in [5.41, 5.74) is -0.729. The largest absolute Gasteiger partial charge is 0.450 e. The Bertz CT molecular complexity index is 1380. The highest BCUT2D eigenvalue weighted by atomic mass is 35.5. The number of hydrogen-bond acceptors (Lipinski definition) is 6. The van der Waals surface area contributed by atoms with E-state index in [0.717, 1.165) is 21.0 Å². The maximum atomic E-state index is 15.0. The number of anilines is 1. The first-order valence-electron chi connectivity index (χ1n) is 9.22. The molecule has 0 bridgehead atoms. The van der Waals surface area contributed by atoms with Crippen LogP contribution in [0.5, 0.6) is 11.5 Å². The molecule has 32 heavy (non-hydrogen) atoms. The van der Waals surface area contributed by atoms with Gasteiger partial charge in [-0.1, -0.05) is 11.6 Å². The van der Waals surface area contributed by atoms with E-state index in [4.69, 9.17) is 21.1 Å². The molecular formula is C19H17ClF2N4O5S. The molecule has 1 fully saturated rings. The zero-order chi connectivity index (χ0) is 23.2. The SMILES string of the molecule is COC1CN(S(=O)(=O)Nc2ccc(F)c(Oc3ccc4ncn(C)c(=O)c4c3F)c2Cl)C1. The number of methoxy groups -OCH3 is 1. The predicted molar refractivity (Wildman–Crippen MR) is 113 cm³/mol. The Morgan fingerprint density at radius 2 is 1.94 bits per heavy atom. The molecule has 0 atom stereocenters. The third-order valence-corrected chi connectivity index (χ3v) is 6.81. The van der Waals surface area contributed by atoms with Crippen LogP contribution in [0.4, 0.5) is 14.5 Å². The fourth-order valence-electron chi connectivity index (χ4n) is 3.08. The molecule has 1 saturated heterocycles. The lowest BCUT2D eigenvalue weighted by Gasteiger charge is -2.36. The molecule has 2 aromatic carbocycles. The van der Waals surface area contributed by atoms with Crippen LogP contribution in [0, 0.1) is 11.6 Å². The fraction of sp³-hybridized carbons (Fsp3) is 0.263. The van der Waals surface area contributed by atoms with Gasteiger partial charge in [-0.15, -0.1) is 0 Å². The van der Waals surface area contributed by atoms with Gasteiger partial charge in [0.25, 0.3) is 5.56 Å². The van der Waals surface area contributed by atoms with E-state index in [1.807, 2.05) is 0 Å². The summed E-state index contributed by atoms with van der Waals surface area (Å²) in [6.07, 6.45) is 1.02. The summed E-state index contributed by atoms with van der Waals surface area (Å²) < 4.78 is 69.3. The first-order valence-corrected chi connectivity index (χ1v) is 11.0. The second-order valence-electron chi connectivity index (χ2n) is 7.05. The molecule has 13 heteroatoms. The lowest BCUT2D eigenvalue weighted by atomic mass is 10.2. The van der Waals surface area contributed by atoms with Crippen molar-refractivity contribution in [3.63, 3.8) is 0 Å². The van der Waals surface area contributed by atoms with E-state index >= 15 is 0 Å². The van der Waals surface area contributed by atoms with Gasteiger partial charge in [-0.25, -0.2) is 13.8 Å². The van der Waals surface area contributed by atoms with Gasteiger partial charge < -0.3 is 14.0 Å². The van der Waals surface area contributed by atoms with Crippen LogP contribution < -0.4 is 15.0 Å². The van der Waals surface area contributed by atoms with E-state index in [0.29, 0.717) is 0 Å². The number of fused-ring (bicyclic) bond motifs is 1. The monoisotopic (exact) mass is 486 g/mol. The van der Waals surface area contributed by atoms with Crippen LogP contribution in [-0.2, 0) is 22.0 Å². The fourth-order valence-corrected chi connectivity index (χ4v) is 4.68. The normalized spacial score (nSPS) is 15.0. The molecule has 170 valence electrons. The van der Waals surface area contributed by atoms with E-state index < -0.39 is 43.9 Å². The van der Waals surface area contributed by atoms with Crippen LogP contribution in [-0.4, -0.2) is 48.6 Å². The van der Waals surface area contributed by atoms with Crippen molar-refractivity contribution in [2.75, 3.05) is 24.9 Å². The van der Waals surface area contributed by atoms with Gasteiger partial charge in [0.1, 0.15) is 10.4 Å². The molecule has 0 spiro atoms. The standard InChI is InChI=1S/C19H17ClF2N4O5S/c1-25-9-23-12-5-6-14(17(22)15(12)19(25)27)31-18-11(21)3-4-13(16(18)20)24-32(28,29)26-7-10(8-26)30-2/h3-6,9-10,24H,7-8H2,1-2H3. The van der Waals surface area contributed by atoms with Gasteiger partial charge in [-0.2, -0.15) is 12.7 Å². The van der Waals surface area contributed by atoms with Crippen molar-refractivity contribution in [1.29, 1.82) is 0 Å². The number of aromatic nitrogens is 2. The Morgan fingerprint density at radius 1 is 1.22 bits per heavy atom. The predicted octanol–water partition coefficient (Wildman–Crippen LogP) is 2.64. The van der Waals surface area contributed by atoms with Gasteiger partial charge in [-0.05, 0) is 24.3 Å². The minimum atomic E-state index is -3.98. The van der Waals surface area contributed by atoms with E-state index in [1.54, 1.807) is 0 Å². The molecule has 1 aromatic heterocycles. The van der Waals surface area contributed by atoms with E-state index in [1.165, 1.54) is 32.6 Å². The molecule has 0 unspecified atom stereocenters. The number of ether oxygens (including phenoxy) is 2. The quantitative estimate of drug-likeness (QED) is 0.574. The van der Waals surface area contributed by atoms with Gasteiger partial charge in [0.2, 0.25) is 0 Å². The number of halogens is 3. The van der Waals surface area contributed by atoms with Crippen LogP contribution in [0.2, 0.25) is 5.02 Å². The molecular weight excluding hydrogens is 470 g/mol. The molecule has 1 aliphatic heterocycles. The second-order valence-corrected chi connectivity index (χ2v) is 9.10. The average Bonchev–Trinajstić information content (AvgIpc) is 2.70.